The van der Waals surface area contributed by atoms with Gasteiger partial charge in [0.25, 0.3) is 0 Å². The first-order valence-electron chi connectivity index (χ1n) is 5.65. The molecule has 0 aromatic rings. The quantitative estimate of drug-likeness (QED) is 0.592. The summed E-state index contributed by atoms with van der Waals surface area (Å²) in [5.74, 6) is 4.05. The fourth-order valence-corrected chi connectivity index (χ4v) is 2.47. The normalized spacial score (nSPS) is 35.2. The summed E-state index contributed by atoms with van der Waals surface area (Å²) in [6.07, 6.45) is 5.84. The van der Waals surface area contributed by atoms with Gasteiger partial charge in [0.1, 0.15) is 0 Å². The summed E-state index contributed by atoms with van der Waals surface area (Å²) in [6.45, 7) is 9.45. The van der Waals surface area contributed by atoms with Crippen LogP contribution < -0.4 is 0 Å². The molecule has 0 aromatic heterocycles. The molecule has 0 bridgehead atoms. The van der Waals surface area contributed by atoms with Crippen molar-refractivity contribution >= 4 is 0 Å². The largest absolute Gasteiger partial charge is 0.0651 e. The van der Waals surface area contributed by atoms with Crippen LogP contribution in [-0.4, -0.2) is 0 Å². The van der Waals surface area contributed by atoms with Crippen molar-refractivity contribution in [2.45, 2.75) is 53.4 Å². The van der Waals surface area contributed by atoms with Gasteiger partial charge in [-0.05, 0) is 36.5 Å². The van der Waals surface area contributed by atoms with Gasteiger partial charge in [-0.15, -0.1) is 0 Å². The summed E-state index contributed by atoms with van der Waals surface area (Å²) in [7, 11) is 0. The topological polar surface area (TPSA) is 0 Å². The van der Waals surface area contributed by atoms with Crippen molar-refractivity contribution in [2.24, 2.45) is 23.7 Å². The first-order valence-corrected chi connectivity index (χ1v) is 5.65. The van der Waals surface area contributed by atoms with E-state index >= 15 is 0 Å². The summed E-state index contributed by atoms with van der Waals surface area (Å²) in [6, 6.07) is 0. The van der Waals surface area contributed by atoms with Crippen molar-refractivity contribution < 1.29 is 0 Å². The Hall–Kier alpha value is 0. The van der Waals surface area contributed by atoms with Crippen LogP contribution in [0.5, 0.6) is 0 Å². The zero-order chi connectivity index (χ0) is 9.14. The molecule has 1 saturated carbocycles. The van der Waals surface area contributed by atoms with Crippen LogP contribution in [0.25, 0.3) is 0 Å². The monoisotopic (exact) mass is 168 g/mol. The number of hydrogen-bond acceptors (Lipinski definition) is 0. The minimum Gasteiger partial charge on any atom is -0.0651 e. The molecule has 0 spiro atoms. The van der Waals surface area contributed by atoms with Crippen LogP contribution in [0.2, 0.25) is 0 Å². The van der Waals surface area contributed by atoms with E-state index in [4.69, 9.17) is 0 Å². The molecule has 0 radical (unpaired) electrons. The second-order valence-electron chi connectivity index (χ2n) is 4.99. The van der Waals surface area contributed by atoms with E-state index in [0.717, 1.165) is 23.7 Å². The standard InChI is InChI=1S/C12H24/c1-5-11-8-12(10(11)4)7-6-9(2)3/h9-12H,5-8H2,1-4H3. The molecule has 1 aliphatic rings. The van der Waals surface area contributed by atoms with Gasteiger partial charge in [0.15, 0.2) is 0 Å². The number of rotatable bonds is 4. The minimum absolute atomic E-state index is 0.901. The van der Waals surface area contributed by atoms with Gasteiger partial charge in [0.2, 0.25) is 0 Å². The van der Waals surface area contributed by atoms with E-state index in [1.54, 1.807) is 0 Å². The lowest BCUT2D eigenvalue weighted by atomic mass is 9.63. The first kappa shape index (κ1) is 10.1. The molecule has 12 heavy (non-hydrogen) atoms. The van der Waals surface area contributed by atoms with Crippen LogP contribution in [-0.2, 0) is 0 Å². The third-order valence-electron chi connectivity index (χ3n) is 3.73. The molecule has 0 heterocycles. The lowest BCUT2D eigenvalue weighted by molar-refractivity contribution is 0.0722. The average Bonchev–Trinajstić information content (AvgIpc) is 2.02. The Kier molecular flexibility index (Phi) is 3.61. The summed E-state index contributed by atoms with van der Waals surface area (Å²) in [5, 5.41) is 0. The predicted octanol–water partition coefficient (Wildman–Crippen LogP) is 4.10. The lowest BCUT2D eigenvalue weighted by Gasteiger charge is -2.43. The molecule has 3 atom stereocenters. The maximum atomic E-state index is 2.45. The van der Waals surface area contributed by atoms with Gasteiger partial charge in [-0.1, -0.05) is 40.5 Å². The zero-order valence-corrected chi connectivity index (χ0v) is 9.14. The van der Waals surface area contributed by atoms with Gasteiger partial charge in [-0.25, -0.2) is 0 Å². The van der Waals surface area contributed by atoms with E-state index < -0.39 is 0 Å². The van der Waals surface area contributed by atoms with Crippen LogP contribution in [0.1, 0.15) is 53.4 Å². The van der Waals surface area contributed by atoms with Crippen LogP contribution in [0, 0.1) is 23.7 Å². The van der Waals surface area contributed by atoms with Gasteiger partial charge in [-0.3, -0.25) is 0 Å². The third kappa shape index (κ3) is 2.24. The van der Waals surface area contributed by atoms with E-state index in [2.05, 4.69) is 27.7 Å². The van der Waals surface area contributed by atoms with Crippen molar-refractivity contribution in [3.63, 3.8) is 0 Å². The molecule has 1 rings (SSSR count). The minimum atomic E-state index is 0.901. The molecule has 3 unspecified atom stereocenters. The smallest absolute Gasteiger partial charge is 0.0383 e. The highest BCUT2D eigenvalue weighted by Crippen LogP contribution is 2.44. The van der Waals surface area contributed by atoms with Crippen molar-refractivity contribution in [3.8, 4) is 0 Å². The van der Waals surface area contributed by atoms with E-state index in [9.17, 15) is 0 Å². The lowest BCUT2D eigenvalue weighted by Crippen LogP contribution is -2.34. The van der Waals surface area contributed by atoms with Crippen molar-refractivity contribution in [2.75, 3.05) is 0 Å². The van der Waals surface area contributed by atoms with Crippen LogP contribution in [0.4, 0.5) is 0 Å². The second kappa shape index (κ2) is 4.30. The summed E-state index contributed by atoms with van der Waals surface area (Å²) >= 11 is 0. The SMILES string of the molecule is CCC1CC(CCC(C)C)C1C. The van der Waals surface area contributed by atoms with Gasteiger partial charge in [-0.2, -0.15) is 0 Å². The fourth-order valence-electron chi connectivity index (χ4n) is 2.47. The van der Waals surface area contributed by atoms with Gasteiger partial charge in [0.05, 0.1) is 0 Å². The second-order valence-corrected chi connectivity index (χ2v) is 4.99. The summed E-state index contributed by atoms with van der Waals surface area (Å²) < 4.78 is 0. The van der Waals surface area contributed by atoms with Crippen LogP contribution in [0.3, 0.4) is 0 Å². The molecule has 1 fully saturated rings. The Balaban J connectivity index is 2.13. The molecule has 0 aromatic carbocycles. The molecule has 0 saturated heterocycles. The van der Waals surface area contributed by atoms with E-state index in [1.807, 2.05) is 0 Å². The highest BCUT2D eigenvalue weighted by atomic mass is 14.4. The van der Waals surface area contributed by atoms with Crippen molar-refractivity contribution in [1.82, 2.24) is 0 Å². The van der Waals surface area contributed by atoms with Gasteiger partial charge < -0.3 is 0 Å². The Bertz CT molecular complexity index is 126. The molecular formula is C12H24. The highest BCUT2D eigenvalue weighted by molar-refractivity contribution is 4.85. The Morgan fingerprint density at radius 1 is 1.25 bits per heavy atom. The molecule has 0 N–H and O–H groups in total. The molecule has 0 nitrogen and oxygen atoms in total. The molecular weight excluding hydrogens is 144 g/mol. The predicted molar refractivity (Wildman–Crippen MR) is 55.1 cm³/mol. The number of hydrogen-bond donors (Lipinski definition) is 0. The van der Waals surface area contributed by atoms with Crippen LogP contribution >= 0.6 is 0 Å². The first-order chi connectivity index (χ1) is 5.65. The molecule has 0 amide bonds. The van der Waals surface area contributed by atoms with Crippen LogP contribution in [0.15, 0.2) is 0 Å². The molecule has 0 heteroatoms. The summed E-state index contributed by atoms with van der Waals surface area (Å²) in [5.41, 5.74) is 0. The average molecular weight is 168 g/mol. The molecule has 0 aliphatic heterocycles. The maximum Gasteiger partial charge on any atom is -0.0383 e. The fraction of sp³-hybridized carbons (Fsp3) is 1.00. The van der Waals surface area contributed by atoms with E-state index in [-0.39, 0.29) is 0 Å². The van der Waals surface area contributed by atoms with E-state index in [1.165, 1.54) is 25.7 Å². The maximum absolute atomic E-state index is 2.45. The van der Waals surface area contributed by atoms with Gasteiger partial charge >= 0.3 is 0 Å². The van der Waals surface area contributed by atoms with Crippen molar-refractivity contribution in [3.05, 3.63) is 0 Å². The Morgan fingerprint density at radius 2 is 1.92 bits per heavy atom. The summed E-state index contributed by atoms with van der Waals surface area (Å²) in [4.78, 5) is 0. The van der Waals surface area contributed by atoms with Gasteiger partial charge in [0, 0.05) is 0 Å². The highest BCUT2D eigenvalue weighted by Gasteiger charge is 2.35. The Morgan fingerprint density at radius 3 is 2.33 bits per heavy atom. The van der Waals surface area contributed by atoms with E-state index in [0.29, 0.717) is 0 Å². The zero-order valence-electron chi connectivity index (χ0n) is 9.14. The molecule has 72 valence electrons. The Labute approximate surface area is 77.7 Å². The van der Waals surface area contributed by atoms with Crippen molar-refractivity contribution in [1.29, 1.82) is 0 Å². The third-order valence-corrected chi connectivity index (χ3v) is 3.73. The molecule has 1 aliphatic carbocycles.